The number of ketones is 2. The third-order valence-electron chi connectivity index (χ3n) is 5.59. The van der Waals surface area contributed by atoms with E-state index < -0.39 is 35.3 Å². The molecule has 33 heavy (non-hydrogen) atoms. The molecule has 0 amide bonds. The van der Waals surface area contributed by atoms with Gasteiger partial charge in [-0.25, -0.2) is 0 Å². The summed E-state index contributed by atoms with van der Waals surface area (Å²) >= 11 is 0. The number of Topliss-reactive ketones (excluding diaryl/α,β-unsaturated/α-hetero) is 2. The number of hydrogen-bond donors (Lipinski definition) is 0. The minimum Gasteiger partial charge on any atom is -0.425 e. The highest BCUT2D eigenvalue weighted by Crippen LogP contribution is 2.45. The Balaban J connectivity index is 2.10. The zero-order valence-electron chi connectivity index (χ0n) is 19.1. The topological polar surface area (TPSA) is 86.7 Å². The first-order valence-electron chi connectivity index (χ1n) is 10.8. The summed E-state index contributed by atoms with van der Waals surface area (Å²) in [5, 5.41) is 0. The predicted octanol–water partition coefficient (Wildman–Crippen LogP) is 4.91. The van der Waals surface area contributed by atoms with Crippen LogP contribution in [0.5, 0.6) is 0 Å². The van der Waals surface area contributed by atoms with E-state index in [1.54, 1.807) is 70.2 Å². The molecule has 2 aliphatic carbocycles. The van der Waals surface area contributed by atoms with Gasteiger partial charge < -0.3 is 9.47 Å². The molecule has 6 nitrogen and oxygen atoms in total. The van der Waals surface area contributed by atoms with E-state index in [0.717, 1.165) is 5.56 Å². The molecule has 168 valence electrons. The van der Waals surface area contributed by atoms with E-state index in [4.69, 9.17) is 9.47 Å². The fourth-order valence-corrected chi connectivity index (χ4v) is 3.77. The van der Waals surface area contributed by atoms with Crippen LogP contribution in [0.25, 0.3) is 11.5 Å². The average molecular weight is 444 g/mol. The first kappa shape index (κ1) is 22.4. The van der Waals surface area contributed by atoms with Gasteiger partial charge in [0.15, 0.2) is 23.1 Å². The molecule has 0 bridgehead atoms. The number of allylic oxidation sites excluding steroid dienone is 2. The average Bonchev–Trinajstić information content (AvgIpc) is 2.78. The standard InChI is InChI=1S/C27H24O6/c1-13(2)26(30)32-24-18-9-7-6-8-16(18)22(28)21-20(24)23(29)17-11-10-15(5)12-19(17)25(21)33-27(31)14(3)4/h6-14H,1-5H3. The highest BCUT2D eigenvalue weighted by molar-refractivity contribution is 6.34. The van der Waals surface area contributed by atoms with E-state index in [2.05, 4.69) is 0 Å². The second kappa shape index (κ2) is 8.28. The Morgan fingerprint density at radius 1 is 0.667 bits per heavy atom. The number of ether oxygens (including phenoxy) is 2. The molecular formula is C27H24O6. The molecule has 0 N–H and O–H groups in total. The van der Waals surface area contributed by atoms with Crippen LogP contribution in [0.4, 0.5) is 0 Å². The summed E-state index contributed by atoms with van der Waals surface area (Å²) in [7, 11) is 0. The van der Waals surface area contributed by atoms with Crippen LogP contribution in [-0.4, -0.2) is 23.5 Å². The Labute approximate surface area is 191 Å². The van der Waals surface area contributed by atoms with Crippen LogP contribution in [0, 0.1) is 18.8 Å². The molecule has 2 aliphatic rings. The smallest absolute Gasteiger partial charge is 0.313 e. The summed E-state index contributed by atoms with van der Waals surface area (Å²) < 4.78 is 11.4. The molecule has 0 saturated heterocycles. The molecule has 0 heterocycles. The summed E-state index contributed by atoms with van der Waals surface area (Å²) in [4.78, 5) is 52.5. The monoisotopic (exact) mass is 444 g/mol. The van der Waals surface area contributed by atoms with E-state index in [9.17, 15) is 19.2 Å². The highest BCUT2D eigenvalue weighted by atomic mass is 16.5. The van der Waals surface area contributed by atoms with E-state index in [1.165, 1.54) is 0 Å². The first-order valence-corrected chi connectivity index (χ1v) is 10.8. The molecule has 0 fully saturated rings. The fourth-order valence-electron chi connectivity index (χ4n) is 3.77. The SMILES string of the molecule is Cc1ccc2c(c1)C(OC(=O)C(C)C)=C1C(=O)c3ccccc3C(OC(=O)C(C)C)=C1C2=O. The van der Waals surface area contributed by atoms with Crippen molar-refractivity contribution in [3.63, 3.8) is 0 Å². The number of carbonyl (C=O) groups is 4. The molecule has 0 spiro atoms. The first-order chi connectivity index (χ1) is 15.6. The van der Waals surface area contributed by atoms with Crippen molar-refractivity contribution >= 4 is 35.0 Å². The van der Waals surface area contributed by atoms with Crippen molar-refractivity contribution in [1.82, 2.24) is 0 Å². The number of rotatable bonds is 4. The maximum atomic E-state index is 13.7. The second-order valence-corrected chi connectivity index (χ2v) is 8.81. The van der Waals surface area contributed by atoms with E-state index in [1.807, 2.05) is 6.92 Å². The minimum absolute atomic E-state index is 0.00761. The molecular weight excluding hydrogens is 420 g/mol. The van der Waals surface area contributed by atoms with Gasteiger partial charge in [-0.3, -0.25) is 19.2 Å². The van der Waals surface area contributed by atoms with Gasteiger partial charge in [0.2, 0.25) is 0 Å². The fraction of sp³-hybridized carbons (Fsp3) is 0.259. The lowest BCUT2D eigenvalue weighted by Crippen LogP contribution is -2.29. The second-order valence-electron chi connectivity index (χ2n) is 8.81. The Bertz CT molecular complexity index is 1290. The van der Waals surface area contributed by atoms with Crippen LogP contribution in [0.3, 0.4) is 0 Å². The molecule has 4 rings (SSSR count). The van der Waals surface area contributed by atoms with Gasteiger partial charge in [-0.1, -0.05) is 69.7 Å². The van der Waals surface area contributed by atoms with Crippen molar-refractivity contribution in [2.75, 3.05) is 0 Å². The lowest BCUT2D eigenvalue weighted by molar-refractivity contribution is -0.141. The largest absolute Gasteiger partial charge is 0.425 e. The minimum atomic E-state index is -0.538. The van der Waals surface area contributed by atoms with Gasteiger partial charge in [-0.2, -0.15) is 0 Å². The number of benzene rings is 2. The van der Waals surface area contributed by atoms with Crippen LogP contribution in [0.15, 0.2) is 53.6 Å². The van der Waals surface area contributed by atoms with Crippen LogP contribution >= 0.6 is 0 Å². The van der Waals surface area contributed by atoms with Gasteiger partial charge in [-0.15, -0.1) is 0 Å². The van der Waals surface area contributed by atoms with Crippen LogP contribution in [-0.2, 0) is 19.1 Å². The van der Waals surface area contributed by atoms with E-state index in [-0.39, 0.29) is 33.8 Å². The molecule has 0 atom stereocenters. The summed E-state index contributed by atoms with van der Waals surface area (Å²) in [6.07, 6.45) is 0. The molecule has 0 aromatic heterocycles. The number of hydrogen-bond acceptors (Lipinski definition) is 6. The van der Waals surface area contributed by atoms with Gasteiger partial charge in [-0.05, 0) is 13.0 Å². The van der Waals surface area contributed by atoms with Gasteiger partial charge in [0.25, 0.3) is 0 Å². The number of aryl methyl sites for hydroxylation is 1. The Morgan fingerprint density at radius 2 is 1.12 bits per heavy atom. The van der Waals surface area contributed by atoms with Gasteiger partial charge in [0, 0.05) is 22.3 Å². The predicted molar refractivity (Wildman–Crippen MR) is 122 cm³/mol. The maximum Gasteiger partial charge on any atom is 0.313 e. The molecule has 2 aromatic rings. The van der Waals surface area contributed by atoms with Crippen molar-refractivity contribution in [3.8, 4) is 0 Å². The number of esters is 2. The van der Waals surface area contributed by atoms with Crippen LogP contribution in [0.1, 0.15) is 65.1 Å². The zero-order valence-corrected chi connectivity index (χ0v) is 19.1. The molecule has 2 aromatic carbocycles. The van der Waals surface area contributed by atoms with E-state index >= 15 is 0 Å². The Hall–Kier alpha value is -3.80. The quantitative estimate of drug-likeness (QED) is 0.623. The molecule has 0 radical (unpaired) electrons. The Kier molecular flexibility index (Phi) is 5.62. The summed E-state index contributed by atoms with van der Waals surface area (Å²) in [5.74, 6) is -2.89. The summed E-state index contributed by atoms with van der Waals surface area (Å²) in [5.41, 5.74) is 1.99. The van der Waals surface area contributed by atoms with Gasteiger partial charge in [0.05, 0.1) is 23.0 Å². The lowest BCUT2D eigenvalue weighted by Gasteiger charge is -2.29. The third kappa shape index (κ3) is 3.71. The molecule has 0 unspecified atom stereocenters. The van der Waals surface area contributed by atoms with E-state index in [0.29, 0.717) is 11.1 Å². The normalized spacial score (nSPS) is 14.9. The molecule has 6 heteroatoms. The maximum absolute atomic E-state index is 13.7. The third-order valence-corrected chi connectivity index (χ3v) is 5.59. The van der Waals surface area contributed by atoms with Crippen molar-refractivity contribution in [1.29, 1.82) is 0 Å². The molecule has 0 aliphatic heterocycles. The van der Waals surface area contributed by atoms with Gasteiger partial charge >= 0.3 is 11.9 Å². The lowest BCUT2D eigenvalue weighted by atomic mass is 9.76. The van der Waals surface area contributed by atoms with Crippen molar-refractivity contribution < 1.29 is 28.7 Å². The van der Waals surface area contributed by atoms with Gasteiger partial charge in [0.1, 0.15) is 0 Å². The van der Waals surface area contributed by atoms with Crippen molar-refractivity contribution in [2.45, 2.75) is 34.6 Å². The molecule has 0 saturated carbocycles. The van der Waals surface area contributed by atoms with Crippen molar-refractivity contribution in [3.05, 3.63) is 81.4 Å². The number of carbonyl (C=O) groups excluding carboxylic acids is 4. The summed E-state index contributed by atoms with van der Waals surface area (Å²) in [6, 6.07) is 11.7. The number of fused-ring (bicyclic) bond motifs is 3. The zero-order chi connectivity index (χ0) is 24.0. The van der Waals surface area contributed by atoms with Crippen molar-refractivity contribution in [2.24, 2.45) is 11.8 Å². The Morgan fingerprint density at radius 3 is 1.64 bits per heavy atom. The highest BCUT2D eigenvalue weighted by Gasteiger charge is 2.43. The summed E-state index contributed by atoms with van der Waals surface area (Å²) in [6.45, 7) is 8.57. The van der Waals surface area contributed by atoms with Crippen LogP contribution < -0.4 is 0 Å². The van der Waals surface area contributed by atoms with Crippen LogP contribution in [0.2, 0.25) is 0 Å².